The monoisotopic (exact) mass is 313 g/mol. The number of carbonyl (C=O) groups is 1. The molecule has 1 atom stereocenters. The van der Waals surface area contributed by atoms with Crippen molar-refractivity contribution in [3.8, 4) is 0 Å². The van der Waals surface area contributed by atoms with Gasteiger partial charge in [-0.1, -0.05) is 0 Å². The van der Waals surface area contributed by atoms with Crippen LogP contribution in [0.25, 0.3) is 0 Å². The van der Waals surface area contributed by atoms with E-state index in [9.17, 15) is 31.1 Å². The number of aliphatic hydroxyl groups excluding tert-OH is 1. The van der Waals surface area contributed by atoms with Crippen LogP contribution in [0.1, 0.15) is 20.8 Å². The van der Waals surface area contributed by atoms with Crippen molar-refractivity contribution in [2.45, 2.75) is 45.3 Å². The maximum absolute atomic E-state index is 11.7. The zero-order valence-electron chi connectivity index (χ0n) is 11.0. The molecule has 20 heavy (non-hydrogen) atoms. The van der Waals surface area contributed by atoms with Crippen molar-refractivity contribution in [1.29, 1.82) is 0 Å². The molecule has 0 radical (unpaired) electrons. The Balaban J connectivity index is 0. The van der Waals surface area contributed by atoms with Gasteiger partial charge in [-0.3, -0.25) is 4.79 Å². The number of carbonyl (C=O) groups excluding carboxylic acids is 1. The molecule has 10 heteroatoms. The van der Waals surface area contributed by atoms with Crippen LogP contribution in [0.4, 0.5) is 26.3 Å². The smallest absolute Gasteiger partial charge is 0.402 e. The van der Waals surface area contributed by atoms with Crippen molar-refractivity contribution in [2.24, 2.45) is 11.7 Å². The molecular formula is C10H17F6NO3. The first-order valence-electron chi connectivity index (χ1n) is 5.40. The van der Waals surface area contributed by atoms with E-state index in [1.165, 1.54) is 6.92 Å². The minimum Gasteiger partial charge on any atom is -0.463 e. The molecule has 0 fully saturated rings. The molecule has 0 aliphatic carbocycles. The molecular weight excluding hydrogens is 296 g/mol. The standard InChI is InChI=1S/C5H7F6NO.C5H10O2/c6-4(7,8)3(2(12)1-13)5(9,10)11;1-4(2)7-5(3)6/h2-3,13H,1,12H2;4H,1-3H3/t2-;/m1./s1. The van der Waals surface area contributed by atoms with Crippen molar-refractivity contribution in [3.05, 3.63) is 0 Å². The molecule has 3 N–H and O–H groups in total. The molecule has 0 saturated carbocycles. The molecule has 0 amide bonds. The predicted molar refractivity (Wildman–Crippen MR) is 57.6 cm³/mol. The highest BCUT2D eigenvalue weighted by Crippen LogP contribution is 2.40. The third-order valence-electron chi connectivity index (χ3n) is 1.75. The molecule has 0 aromatic heterocycles. The fraction of sp³-hybridized carbons (Fsp3) is 0.900. The lowest BCUT2D eigenvalue weighted by atomic mass is 10.0. The van der Waals surface area contributed by atoms with Gasteiger partial charge in [0.25, 0.3) is 0 Å². The molecule has 0 aromatic rings. The summed E-state index contributed by atoms with van der Waals surface area (Å²) in [6, 6.07) is -2.38. The van der Waals surface area contributed by atoms with Crippen LogP contribution in [0, 0.1) is 5.92 Å². The molecule has 0 aliphatic rings. The summed E-state index contributed by atoms with van der Waals surface area (Å²) < 4.78 is 75.1. The molecule has 0 bridgehead atoms. The molecule has 122 valence electrons. The summed E-state index contributed by atoms with van der Waals surface area (Å²) in [6.45, 7) is 3.67. The third kappa shape index (κ3) is 9.84. The number of esters is 1. The van der Waals surface area contributed by atoms with Gasteiger partial charge >= 0.3 is 18.3 Å². The minimum atomic E-state index is -5.49. The summed E-state index contributed by atoms with van der Waals surface area (Å²) >= 11 is 0. The van der Waals surface area contributed by atoms with Gasteiger partial charge < -0.3 is 15.6 Å². The highest BCUT2D eigenvalue weighted by atomic mass is 19.4. The summed E-state index contributed by atoms with van der Waals surface area (Å²) in [5, 5.41) is 8.11. The molecule has 0 spiro atoms. The van der Waals surface area contributed by atoms with E-state index in [0.29, 0.717) is 0 Å². The van der Waals surface area contributed by atoms with Crippen molar-refractivity contribution in [1.82, 2.24) is 0 Å². The highest BCUT2D eigenvalue weighted by Gasteiger charge is 2.59. The first-order valence-corrected chi connectivity index (χ1v) is 5.40. The Morgan fingerprint density at radius 1 is 1.15 bits per heavy atom. The summed E-state index contributed by atoms with van der Waals surface area (Å²) in [7, 11) is 0. The van der Waals surface area contributed by atoms with Crippen LogP contribution in [-0.4, -0.2) is 42.2 Å². The lowest BCUT2D eigenvalue weighted by molar-refractivity contribution is -0.291. The van der Waals surface area contributed by atoms with Crippen molar-refractivity contribution in [3.63, 3.8) is 0 Å². The third-order valence-corrected chi connectivity index (χ3v) is 1.75. The number of hydrogen-bond acceptors (Lipinski definition) is 4. The van der Waals surface area contributed by atoms with Crippen molar-refractivity contribution in [2.75, 3.05) is 6.61 Å². The Morgan fingerprint density at radius 2 is 1.50 bits per heavy atom. The maximum atomic E-state index is 11.7. The summed E-state index contributed by atoms with van der Waals surface area (Å²) in [4.78, 5) is 10.0. The SMILES string of the molecule is CC(=O)OC(C)C.N[C@H](CO)C(C(F)(F)F)C(F)(F)F. The van der Waals surface area contributed by atoms with E-state index >= 15 is 0 Å². The van der Waals surface area contributed by atoms with Crippen LogP contribution < -0.4 is 5.73 Å². The molecule has 0 heterocycles. The van der Waals surface area contributed by atoms with Crippen LogP contribution >= 0.6 is 0 Å². The Morgan fingerprint density at radius 3 is 1.55 bits per heavy atom. The number of ether oxygens (including phenoxy) is 1. The first kappa shape index (κ1) is 21.3. The van der Waals surface area contributed by atoms with Crippen LogP contribution in [-0.2, 0) is 9.53 Å². The fourth-order valence-corrected chi connectivity index (χ4v) is 1.11. The summed E-state index contributed by atoms with van der Waals surface area (Å²) in [6.07, 6.45) is -10.9. The average Bonchev–Trinajstić information content (AvgIpc) is 2.11. The predicted octanol–water partition coefficient (Wildman–Crippen LogP) is 2.00. The Kier molecular flexibility index (Phi) is 8.83. The lowest BCUT2D eigenvalue weighted by Crippen LogP contribution is -2.50. The number of hydrogen-bond donors (Lipinski definition) is 2. The Hall–Kier alpha value is -1.03. The average molecular weight is 313 g/mol. The molecule has 0 aromatic carbocycles. The van der Waals surface area contributed by atoms with Gasteiger partial charge in [0, 0.05) is 13.0 Å². The van der Waals surface area contributed by atoms with Gasteiger partial charge in [-0.2, -0.15) is 26.3 Å². The molecule has 0 unspecified atom stereocenters. The lowest BCUT2D eigenvalue weighted by Gasteiger charge is -2.26. The topological polar surface area (TPSA) is 72.5 Å². The molecule has 4 nitrogen and oxygen atoms in total. The van der Waals surface area contributed by atoms with Crippen LogP contribution in [0.2, 0.25) is 0 Å². The number of rotatable bonds is 3. The van der Waals surface area contributed by atoms with Gasteiger partial charge in [-0.25, -0.2) is 0 Å². The van der Waals surface area contributed by atoms with Crippen LogP contribution in [0.15, 0.2) is 0 Å². The van der Waals surface area contributed by atoms with Crippen LogP contribution in [0.3, 0.4) is 0 Å². The van der Waals surface area contributed by atoms with Crippen molar-refractivity contribution >= 4 is 5.97 Å². The van der Waals surface area contributed by atoms with E-state index in [1.54, 1.807) is 0 Å². The Labute approximate surface area is 111 Å². The number of nitrogens with two attached hydrogens (primary N) is 1. The summed E-state index contributed by atoms with van der Waals surface area (Å²) in [5.74, 6) is -3.89. The normalized spacial score (nSPS) is 13.8. The maximum Gasteiger partial charge on any atom is 0.402 e. The van der Waals surface area contributed by atoms with E-state index in [2.05, 4.69) is 10.5 Å². The minimum absolute atomic E-state index is 0.0255. The van der Waals surface area contributed by atoms with E-state index < -0.39 is 30.9 Å². The Bertz CT molecular complexity index is 276. The zero-order chi connectivity index (χ0) is 16.7. The van der Waals surface area contributed by atoms with E-state index in [0.717, 1.165) is 0 Å². The summed E-state index contributed by atoms with van der Waals surface area (Å²) in [5.41, 5.74) is 4.50. The second-order valence-corrected chi connectivity index (χ2v) is 4.07. The fourth-order valence-electron chi connectivity index (χ4n) is 1.11. The zero-order valence-corrected chi connectivity index (χ0v) is 11.0. The second-order valence-electron chi connectivity index (χ2n) is 4.07. The number of aliphatic hydroxyl groups is 1. The largest absolute Gasteiger partial charge is 0.463 e. The van der Waals surface area contributed by atoms with Gasteiger partial charge in [-0.05, 0) is 13.8 Å². The van der Waals surface area contributed by atoms with Gasteiger partial charge in [0.05, 0.1) is 12.7 Å². The van der Waals surface area contributed by atoms with Crippen molar-refractivity contribution < 1.29 is 41.0 Å². The first-order chi connectivity index (χ1) is 8.73. The van der Waals surface area contributed by atoms with Gasteiger partial charge in [0.15, 0.2) is 5.92 Å². The highest BCUT2D eigenvalue weighted by molar-refractivity contribution is 5.66. The van der Waals surface area contributed by atoms with Crippen LogP contribution in [0.5, 0.6) is 0 Å². The molecule has 0 rings (SSSR count). The molecule has 0 aliphatic heterocycles. The van der Waals surface area contributed by atoms with Gasteiger partial charge in [-0.15, -0.1) is 0 Å². The van der Waals surface area contributed by atoms with Gasteiger partial charge in [0.1, 0.15) is 0 Å². The second kappa shape index (κ2) is 8.30. The number of alkyl halides is 6. The van der Waals surface area contributed by atoms with E-state index in [1.807, 2.05) is 13.8 Å². The molecule has 0 saturated heterocycles. The van der Waals surface area contributed by atoms with E-state index in [4.69, 9.17) is 5.11 Å². The van der Waals surface area contributed by atoms with E-state index in [-0.39, 0.29) is 12.1 Å². The quantitative estimate of drug-likeness (QED) is 0.617. The van der Waals surface area contributed by atoms with Gasteiger partial charge in [0.2, 0.25) is 0 Å². The number of halogens is 6.